The van der Waals surface area contributed by atoms with Gasteiger partial charge in [0.1, 0.15) is 6.04 Å². The molecule has 4 rings (SSSR count). The summed E-state index contributed by atoms with van der Waals surface area (Å²) >= 11 is 1.54. The van der Waals surface area contributed by atoms with E-state index in [9.17, 15) is 14.7 Å². The Morgan fingerprint density at radius 1 is 1.03 bits per heavy atom. The molecule has 0 aliphatic carbocycles. The number of carbonyl (C=O) groups is 2. The molecule has 2 aromatic carbocycles. The molecule has 2 heterocycles. The van der Waals surface area contributed by atoms with E-state index in [2.05, 4.69) is 42.2 Å². The number of aliphatic carboxylic acids is 1. The molecule has 1 aromatic heterocycles. The third kappa shape index (κ3) is 7.50. The van der Waals surface area contributed by atoms with Crippen molar-refractivity contribution in [2.75, 3.05) is 65.7 Å². The summed E-state index contributed by atoms with van der Waals surface area (Å²) in [6, 6.07) is 16.4. The van der Waals surface area contributed by atoms with Crippen molar-refractivity contribution in [3.05, 3.63) is 66.0 Å². The van der Waals surface area contributed by atoms with Crippen LogP contribution in [0.15, 0.2) is 54.6 Å². The number of benzene rings is 2. The van der Waals surface area contributed by atoms with Gasteiger partial charge in [0.25, 0.3) is 5.91 Å². The molecule has 1 saturated heterocycles. The number of nitrogens with two attached hydrogens (primary N) is 1. The van der Waals surface area contributed by atoms with Crippen LogP contribution in [0.25, 0.3) is 0 Å². The third-order valence-electron chi connectivity index (χ3n) is 6.53. The molecule has 11 nitrogen and oxygen atoms in total. The molecule has 1 atom stereocenters. The largest absolute Gasteiger partial charge is 0.480 e. The molecule has 12 heteroatoms. The number of hydrogen-bond donors (Lipinski definition) is 3. The van der Waals surface area contributed by atoms with Crippen LogP contribution in [0.5, 0.6) is 0 Å². The highest BCUT2D eigenvalue weighted by atomic mass is 32.2. The van der Waals surface area contributed by atoms with E-state index in [4.69, 9.17) is 5.73 Å². The van der Waals surface area contributed by atoms with Crippen molar-refractivity contribution in [1.82, 2.24) is 20.3 Å². The van der Waals surface area contributed by atoms with Crippen molar-refractivity contribution in [2.45, 2.75) is 19.0 Å². The fraction of sp³-hybridized carbons (Fsp3) is 0.370. The minimum atomic E-state index is -1.04. The summed E-state index contributed by atoms with van der Waals surface area (Å²) in [5, 5.41) is 12.0. The third-order valence-corrected chi connectivity index (χ3v) is 7.18. The van der Waals surface area contributed by atoms with Crippen LogP contribution in [0.1, 0.15) is 22.6 Å². The number of anilines is 4. The standard InChI is InChI=1S/C27H34N8O3S/c1-33(20-10-8-19(9-11-20)24(36)29-22(25(37)38)12-17-39-2)18-23-30-26(28)32-27(31-23)35-15-13-34(14-16-35)21-6-4-3-5-7-21/h3-11,22H,12-18H2,1-2H3,(H,29,36)(H,37,38)(H2,28,30,31,32)/t22-/m0/s1. The summed E-state index contributed by atoms with van der Waals surface area (Å²) in [5.74, 6) is 0.484. The van der Waals surface area contributed by atoms with Gasteiger partial charge in [-0.05, 0) is 54.8 Å². The minimum Gasteiger partial charge on any atom is -0.480 e. The van der Waals surface area contributed by atoms with E-state index in [1.165, 1.54) is 17.4 Å². The number of hydrogen-bond acceptors (Lipinski definition) is 10. The van der Waals surface area contributed by atoms with Gasteiger partial charge in [-0.1, -0.05) is 18.2 Å². The Balaban J connectivity index is 1.36. The fourth-order valence-electron chi connectivity index (χ4n) is 4.35. The summed E-state index contributed by atoms with van der Waals surface area (Å²) in [4.78, 5) is 43.8. The van der Waals surface area contributed by atoms with Crippen LogP contribution in [0.2, 0.25) is 0 Å². The lowest BCUT2D eigenvalue weighted by molar-refractivity contribution is -0.139. The maximum absolute atomic E-state index is 12.6. The predicted octanol–water partition coefficient (Wildman–Crippen LogP) is 2.35. The highest BCUT2D eigenvalue weighted by Crippen LogP contribution is 2.20. The molecule has 3 aromatic rings. The Bertz CT molecular complexity index is 1250. The molecule has 0 unspecified atom stereocenters. The number of nitrogen functional groups attached to an aromatic ring is 1. The van der Waals surface area contributed by atoms with E-state index in [0.29, 0.717) is 36.1 Å². The van der Waals surface area contributed by atoms with E-state index in [1.807, 2.05) is 36.4 Å². The molecule has 0 saturated carbocycles. The van der Waals surface area contributed by atoms with E-state index >= 15 is 0 Å². The van der Waals surface area contributed by atoms with Gasteiger partial charge in [0.15, 0.2) is 5.82 Å². The monoisotopic (exact) mass is 550 g/mol. The number of rotatable bonds is 11. The van der Waals surface area contributed by atoms with Crippen LogP contribution < -0.4 is 25.8 Å². The van der Waals surface area contributed by atoms with Crippen LogP contribution in [-0.4, -0.2) is 83.2 Å². The molecule has 0 radical (unpaired) electrons. The Morgan fingerprint density at radius 2 is 1.69 bits per heavy atom. The van der Waals surface area contributed by atoms with Gasteiger partial charge in [-0.2, -0.15) is 26.7 Å². The number of aromatic nitrogens is 3. The number of carbonyl (C=O) groups excluding carboxylic acids is 1. The zero-order valence-corrected chi connectivity index (χ0v) is 23.0. The van der Waals surface area contributed by atoms with E-state index in [-0.39, 0.29) is 5.95 Å². The van der Waals surface area contributed by atoms with Crippen LogP contribution >= 0.6 is 11.8 Å². The molecule has 4 N–H and O–H groups in total. The summed E-state index contributed by atoms with van der Waals surface area (Å²) in [5.41, 5.74) is 8.48. The Morgan fingerprint density at radius 3 is 2.33 bits per heavy atom. The molecule has 1 amide bonds. The average molecular weight is 551 g/mol. The number of piperazine rings is 1. The first kappa shape index (κ1) is 28.0. The minimum absolute atomic E-state index is 0.176. The zero-order chi connectivity index (χ0) is 27.8. The van der Waals surface area contributed by atoms with Crippen LogP contribution in [-0.2, 0) is 11.3 Å². The lowest BCUT2D eigenvalue weighted by atomic mass is 10.1. The first-order chi connectivity index (χ1) is 18.8. The first-order valence-corrected chi connectivity index (χ1v) is 14.1. The van der Waals surface area contributed by atoms with Crippen molar-refractivity contribution >= 4 is 46.9 Å². The Kier molecular flexibility index (Phi) is 9.42. The Labute approximate surface area is 232 Å². The van der Waals surface area contributed by atoms with Crippen LogP contribution in [0.4, 0.5) is 23.3 Å². The smallest absolute Gasteiger partial charge is 0.326 e. The van der Waals surface area contributed by atoms with Gasteiger partial charge in [0.2, 0.25) is 11.9 Å². The molecule has 1 aliphatic heterocycles. The van der Waals surface area contributed by atoms with Gasteiger partial charge in [0, 0.05) is 50.2 Å². The number of carboxylic acid groups (broad SMARTS) is 1. The number of thioether (sulfide) groups is 1. The van der Waals surface area contributed by atoms with E-state index < -0.39 is 17.9 Å². The van der Waals surface area contributed by atoms with Crippen molar-refractivity contribution < 1.29 is 14.7 Å². The number of nitrogens with zero attached hydrogens (tertiary/aromatic N) is 6. The van der Waals surface area contributed by atoms with Crippen molar-refractivity contribution in [2.24, 2.45) is 0 Å². The molecule has 206 valence electrons. The first-order valence-electron chi connectivity index (χ1n) is 12.7. The van der Waals surface area contributed by atoms with E-state index in [0.717, 1.165) is 31.9 Å². The van der Waals surface area contributed by atoms with Gasteiger partial charge < -0.3 is 30.9 Å². The van der Waals surface area contributed by atoms with Gasteiger partial charge in [-0.25, -0.2) is 4.79 Å². The summed E-state index contributed by atoms with van der Waals surface area (Å²) in [7, 11) is 1.90. The molecule has 1 fully saturated rings. The normalized spacial score (nSPS) is 14.1. The van der Waals surface area contributed by atoms with Crippen LogP contribution in [0, 0.1) is 0 Å². The van der Waals surface area contributed by atoms with Gasteiger partial charge in [-0.3, -0.25) is 4.79 Å². The summed E-state index contributed by atoms with van der Waals surface area (Å²) < 4.78 is 0. The fourth-order valence-corrected chi connectivity index (χ4v) is 4.82. The second-order valence-electron chi connectivity index (χ2n) is 9.27. The van der Waals surface area contributed by atoms with E-state index in [1.54, 1.807) is 24.3 Å². The quantitative estimate of drug-likeness (QED) is 0.324. The average Bonchev–Trinajstić information content (AvgIpc) is 2.95. The molecule has 39 heavy (non-hydrogen) atoms. The van der Waals surface area contributed by atoms with Crippen molar-refractivity contribution in [3.8, 4) is 0 Å². The lowest BCUT2D eigenvalue weighted by Crippen LogP contribution is -2.47. The lowest BCUT2D eigenvalue weighted by Gasteiger charge is -2.36. The second-order valence-corrected chi connectivity index (χ2v) is 10.3. The predicted molar refractivity (Wildman–Crippen MR) is 156 cm³/mol. The number of para-hydroxylation sites is 1. The molecular formula is C27H34N8O3S. The molecule has 1 aliphatic rings. The number of nitrogens with one attached hydrogen (secondary N) is 1. The number of amides is 1. The molecule has 0 spiro atoms. The Hall–Kier alpha value is -4.06. The zero-order valence-electron chi connectivity index (χ0n) is 22.2. The number of carboxylic acids is 1. The summed E-state index contributed by atoms with van der Waals surface area (Å²) in [6.07, 6.45) is 2.26. The van der Waals surface area contributed by atoms with Gasteiger partial charge in [-0.15, -0.1) is 0 Å². The van der Waals surface area contributed by atoms with Crippen LogP contribution in [0.3, 0.4) is 0 Å². The highest BCUT2D eigenvalue weighted by molar-refractivity contribution is 7.98. The van der Waals surface area contributed by atoms with Gasteiger partial charge >= 0.3 is 5.97 Å². The molecule has 0 bridgehead atoms. The van der Waals surface area contributed by atoms with Crippen molar-refractivity contribution in [3.63, 3.8) is 0 Å². The maximum atomic E-state index is 12.6. The molecular weight excluding hydrogens is 516 g/mol. The highest BCUT2D eigenvalue weighted by Gasteiger charge is 2.22. The van der Waals surface area contributed by atoms with Gasteiger partial charge in [0.05, 0.1) is 6.54 Å². The van der Waals surface area contributed by atoms with Crippen molar-refractivity contribution in [1.29, 1.82) is 0 Å². The maximum Gasteiger partial charge on any atom is 0.326 e. The summed E-state index contributed by atoms with van der Waals surface area (Å²) in [6.45, 7) is 3.66. The SMILES string of the molecule is CSCC[C@H](NC(=O)c1ccc(N(C)Cc2nc(N)nc(N3CCN(c4ccccc4)CC3)n2)cc1)C(=O)O. The topological polar surface area (TPSA) is 141 Å². The second kappa shape index (κ2) is 13.1.